The average molecular weight is 798 g/mol. The Hall–Kier alpha value is -4.86. The van der Waals surface area contributed by atoms with E-state index in [0.29, 0.717) is 31.7 Å². The van der Waals surface area contributed by atoms with Crippen LogP contribution in [0.2, 0.25) is 19.6 Å². The summed E-state index contributed by atoms with van der Waals surface area (Å²) in [4.78, 5) is 61.7. The van der Waals surface area contributed by atoms with E-state index in [0.717, 1.165) is 43.3 Å². The Morgan fingerprint density at radius 1 is 0.868 bits per heavy atom. The molecule has 12 heteroatoms. The van der Waals surface area contributed by atoms with E-state index >= 15 is 0 Å². The third kappa shape index (κ3) is 8.37. The Morgan fingerprint density at radius 2 is 1.47 bits per heavy atom. The minimum atomic E-state index is -1.91. The molecule has 4 aromatic rings. The number of benzene rings is 3. The van der Waals surface area contributed by atoms with Crippen LogP contribution in [0.25, 0.3) is 22.0 Å². The number of nitrogens with zero attached hydrogens (tertiary/aromatic N) is 3. The van der Waals surface area contributed by atoms with Crippen molar-refractivity contribution in [3.63, 3.8) is 0 Å². The number of halogens is 1. The van der Waals surface area contributed by atoms with Gasteiger partial charge in [0.25, 0.3) is 11.8 Å². The second-order valence-electron chi connectivity index (χ2n) is 15.5. The Bertz CT molecular complexity index is 2110. The summed E-state index contributed by atoms with van der Waals surface area (Å²) in [6.45, 7) is 13.4. The molecule has 53 heavy (non-hydrogen) atoms. The van der Waals surface area contributed by atoms with Gasteiger partial charge >= 0.3 is 12.1 Å². The number of aromatic amines is 1. The molecule has 3 aromatic carbocycles. The first-order valence-corrected chi connectivity index (χ1v) is 22.0. The van der Waals surface area contributed by atoms with Crippen LogP contribution in [-0.2, 0) is 25.5 Å². The number of hydrogen-bond acceptors (Lipinski definition) is 6. The highest BCUT2D eigenvalue weighted by molar-refractivity contribution is 9.10. The highest BCUT2D eigenvalue weighted by Gasteiger charge is 2.44. The van der Waals surface area contributed by atoms with Gasteiger partial charge < -0.3 is 29.2 Å². The predicted molar refractivity (Wildman–Crippen MR) is 211 cm³/mol. The lowest BCUT2D eigenvalue weighted by molar-refractivity contribution is -0.153. The molecule has 1 aromatic heterocycles. The molecule has 0 radical (unpaired) electrons. The van der Waals surface area contributed by atoms with Gasteiger partial charge in [0.15, 0.2) is 0 Å². The lowest BCUT2D eigenvalue weighted by Gasteiger charge is -2.40. The summed E-state index contributed by atoms with van der Waals surface area (Å²) in [6.07, 6.45) is -0.0745. The molecule has 2 atom stereocenters. The number of methoxy groups -OCH3 is 1. The second-order valence-corrected chi connectivity index (χ2v) is 21.2. The molecule has 1 fully saturated rings. The Kier molecular flexibility index (Phi) is 10.6. The molecule has 3 amide bonds. The molecule has 0 bridgehead atoms. The van der Waals surface area contributed by atoms with Crippen molar-refractivity contribution < 1.29 is 28.7 Å². The second kappa shape index (κ2) is 14.9. The zero-order valence-electron chi connectivity index (χ0n) is 31.2. The fraction of sp³-hybridized carbons (Fsp3) is 0.366. The molecule has 10 nitrogen and oxygen atoms in total. The van der Waals surface area contributed by atoms with Gasteiger partial charge in [-0.25, -0.2) is 9.59 Å². The minimum absolute atomic E-state index is 0.0867. The summed E-state index contributed by atoms with van der Waals surface area (Å²) in [5.74, 6) is 1.88. The summed E-state index contributed by atoms with van der Waals surface area (Å²) in [6, 6.07) is 19.9. The number of piperazine rings is 1. The van der Waals surface area contributed by atoms with Crippen molar-refractivity contribution in [2.24, 2.45) is 0 Å². The third-order valence-corrected chi connectivity index (χ3v) is 10.7. The van der Waals surface area contributed by atoms with Gasteiger partial charge in [-0.1, -0.05) is 72.0 Å². The standard InChI is InChI=1S/C41H45BrN4O6Si/c1-41(2,3)52-40(50)45-21-19-44(20-22-45)38(48)29-14-10-27(11-15-29)26-8-12-28(13-9-26)37-36-32(31-24-30(42)16-17-33(31)43-36)25-34(39(49)51-4)46(37)35(47)18-23-53(5,6)7/h8-17,24,34,37,43H,19-22,25H2,1-7H3. The molecular weight excluding hydrogens is 752 g/mol. The van der Waals surface area contributed by atoms with E-state index in [1.54, 1.807) is 14.7 Å². The summed E-state index contributed by atoms with van der Waals surface area (Å²) in [5, 5.41) is 0.977. The number of H-pyrrole nitrogens is 1. The summed E-state index contributed by atoms with van der Waals surface area (Å²) in [5.41, 5.74) is 8.54. The van der Waals surface area contributed by atoms with Crippen LogP contribution >= 0.6 is 15.9 Å². The summed E-state index contributed by atoms with van der Waals surface area (Å²) >= 11 is 3.59. The number of esters is 1. The fourth-order valence-electron chi connectivity index (χ4n) is 6.79. The van der Waals surface area contributed by atoms with Crippen LogP contribution in [0.5, 0.6) is 0 Å². The normalized spacial score (nSPS) is 17.5. The molecule has 3 heterocycles. The van der Waals surface area contributed by atoms with Gasteiger partial charge in [0.05, 0.1) is 13.2 Å². The number of amides is 3. The Morgan fingerprint density at radius 3 is 2.06 bits per heavy atom. The van der Waals surface area contributed by atoms with Crippen LogP contribution in [0.15, 0.2) is 71.2 Å². The first kappa shape index (κ1) is 37.9. The van der Waals surface area contributed by atoms with Crippen molar-refractivity contribution in [3.8, 4) is 22.6 Å². The van der Waals surface area contributed by atoms with Crippen LogP contribution in [0.3, 0.4) is 0 Å². The Labute approximate surface area is 319 Å². The highest BCUT2D eigenvalue weighted by Crippen LogP contribution is 2.42. The zero-order valence-corrected chi connectivity index (χ0v) is 33.8. The van der Waals surface area contributed by atoms with Crippen LogP contribution in [-0.4, -0.2) is 96.6 Å². The van der Waals surface area contributed by atoms with Gasteiger partial charge in [-0.2, -0.15) is 0 Å². The zero-order chi connectivity index (χ0) is 38.2. The molecule has 2 aliphatic rings. The summed E-state index contributed by atoms with van der Waals surface area (Å²) in [7, 11) is -0.565. The number of fused-ring (bicyclic) bond motifs is 3. The number of nitrogens with one attached hydrogen (secondary N) is 1. The maximum absolute atomic E-state index is 14.0. The lowest BCUT2D eigenvalue weighted by Crippen LogP contribution is -2.51. The molecule has 1 saturated heterocycles. The van der Waals surface area contributed by atoms with Crippen LogP contribution in [0.4, 0.5) is 4.79 Å². The van der Waals surface area contributed by atoms with Crippen molar-refractivity contribution in [2.75, 3.05) is 33.3 Å². The summed E-state index contributed by atoms with van der Waals surface area (Å²) < 4.78 is 11.7. The maximum Gasteiger partial charge on any atom is 0.410 e. The van der Waals surface area contributed by atoms with E-state index in [1.165, 1.54) is 7.11 Å². The monoisotopic (exact) mass is 796 g/mol. The maximum atomic E-state index is 14.0. The van der Waals surface area contributed by atoms with Gasteiger partial charge in [-0.15, -0.1) is 5.54 Å². The van der Waals surface area contributed by atoms with E-state index in [1.807, 2.05) is 87.5 Å². The Balaban J connectivity index is 1.27. The van der Waals surface area contributed by atoms with E-state index < -0.39 is 37.6 Å². The van der Waals surface area contributed by atoms with Crippen LogP contribution in [0, 0.1) is 11.5 Å². The molecule has 0 spiro atoms. The van der Waals surface area contributed by atoms with Gasteiger partial charge in [-0.05, 0) is 79.3 Å². The minimum Gasteiger partial charge on any atom is -0.467 e. The first-order chi connectivity index (χ1) is 25.0. The van der Waals surface area contributed by atoms with Gasteiger partial charge in [0.2, 0.25) is 0 Å². The fourth-order valence-corrected chi connectivity index (χ4v) is 7.64. The number of hydrogen-bond donors (Lipinski definition) is 1. The molecule has 2 unspecified atom stereocenters. The van der Waals surface area contributed by atoms with E-state index in [2.05, 4.69) is 52.0 Å². The molecule has 276 valence electrons. The number of carbonyl (C=O) groups is 4. The molecule has 0 saturated carbocycles. The van der Waals surface area contributed by atoms with Gasteiger partial charge in [0.1, 0.15) is 19.7 Å². The predicted octanol–water partition coefficient (Wildman–Crippen LogP) is 7.19. The molecule has 2 aliphatic heterocycles. The first-order valence-electron chi connectivity index (χ1n) is 17.7. The molecule has 1 N–H and O–H groups in total. The van der Waals surface area contributed by atoms with Crippen LogP contribution < -0.4 is 0 Å². The molecule has 0 aliphatic carbocycles. The molecule has 6 rings (SSSR count). The van der Waals surface area contributed by atoms with Crippen molar-refractivity contribution in [2.45, 2.75) is 64.5 Å². The van der Waals surface area contributed by atoms with E-state index in [9.17, 15) is 19.2 Å². The van der Waals surface area contributed by atoms with Gasteiger partial charge in [-0.3, -0.25) is 9.59 Å². The molecular formula is C41H45BrN4O6Si. The van der Waals surface area contributed by atoms with Crippen molar-refractivity contribution in [3.05, 3.63) is 93.6 Å². The number of ether oxygens (including phenoxy) is 2. The van der Waals surface area contributed by atoms with E-state index in [-0.39, 0.29) is 18.4 Å². The smallest absolute Gasteiger partial charge is 0.410 e. The SMILES string of the molecule is COC(=O)C1Cc2c([nH]c3ccc(Br)cc23)C(c2ccc(-c3ccc(C(=O)N4CCN(C(=O)OC(C)(C)C)CC4)cc3)cc2)N1C(=O)C#C[Si](C)(C)C. The van der Waals surface area contributed by atoms with Crippen molar-refractivity contribution in [1.29, 1.82) is 0 Å². The number of carbonyl (C=O) groups excluding carboxylic acids is 4. The third-order valence-electron chi connectivity index (χ3n) is 9.35. The topological polar surface area (TPSA) is 112 Å². The average Bonchev–Trinajstić information content (AvgIpc) is 3.49. The van der Waals surface area contributed by atoms with Crippen molar-refractivity contribution >= 4 is 58.8 Å². The highest BCUT2D eigenvalue weighted by atomic mass is 79.9. The lowest BCUT2D eigenvalue weighted by atomic mass is 9.87. The van der Waals surface area contributed by atoms with Crippen molar-refractivity contribution in [1.82, 2.24) is 19.7 Å². The van der Waals surface area contributed by atoms with E-state index in [4.69, 9.17) is 9.47 Å². The largest absolute Gasteiger partial charge is 0.467 e. The number of aromatic nitrogens is 1. The van der Waals surface area contributed by atoms with Gasteiger partial charge in [0, 0.05) is 59.2 Å². The quantitative estimate of drug-likeness (QED) is 0.133. The number of rotatable bonds is 4. The van der Waals surface area contributed by atoms with Crippen LogP contribution in [0.1, 0.15) is 54.0 Å².